The van der Waals surface area contributed by atoms with Gasteiger partial charge in [0.15, 0.2) is 0 Å². The highest BCUT2D eigenvalue weighted by atomic mass is 16.6. The first-order chi connectivity index (χ1) is 17.1. The lowest BCUT2D eigenvalue weighted by atomic mass is 10.0. The number of carbonyl (C=O) groups excluding carboxylic acids is 2. The SMILES string of the molecule is Cc1nn(Cc2ccccc2)c(C)c1CNC(=O)c1cccn1C1CCN(C(=O)OC(C)(C)C)CC1. The molecule has 1 aliphatic rings. The van der Waals surface area contributed by atoms with Gasteiger partial charge in [-0.1, -0.05) is 30.3 Å². The molecular formula is C28H37N5O3. The summed E-state index contributed by atoms with van der Waals surface area (Å²) in [7, 11) is 0. The van der Waals surface area contributed by atoms with Crippen molar-refractivity contribution in [3.8, 4) is 0 Å². The van der Waals surface area contributed by atoms with Crippen LogP contribution in [0.4, 0.5) is 4.79 Å². The normalized spacial score (nSPS) is 14.6. The summed E-state index contributed by atoms with van der Waals surface area (Å²) in [6.45, 7) is 12.0. The van der Waals surface area contributed by atoms with Crippen LogP contribution in [-0.2, 0) is 17.8 Å². The molecule has 1 saturated heterocycles. The number of nitrogens with zero attached hydrogens (tertiary/aromatic N) is 4. The molecule has 0 aliphatic carbocycles. The number of aromatic nitrogens is 3. The van der Waals surface area contributed by atoms with Crippen LogP contribution in [0.15, 0.2) is 48.7 Å². The summed E-state index contributed by atoms with van der Waals surface area (Å²) in [5.41, 5.74) is 4.35. The van der Waals surface area contributed by atoms with Crippen molar-refractivity contribution in [2.45, 2.75) is 72.2 Å². The molecule has 8 heteroatoms. The second-order valence-corrected chi connectivity index (χ2v) is 10.5. The number of carbonyl (C=O) groups is 2. The van der Waals surface area contributed by atoms with Crippen molar-refractivity contribution < 1.29 is 14.3 Å². The molecule has 1 N–H and O–H groups in total. The zero-order valence-electron chi connectivity index (χ0n) is 22.0. The minimum Gasteiger partial charge on any atom is -0.444 e. The van der Waals surface area contributed by atoms with E-state index in [1.54, 1.807) is 4.90 Å². The van der Waals surface area contributed by atoms with Gasteiger partial charge in [-0.25, -0.2) is 4.79 Å². The molecule has 3 heterocycles. The number of nitrogens with one attached hydrogen (secondary N) is 1. The Kier molecular flexibility index (Phi) is 7.52. The third kappa shape index (κ3) is 5.98. The van der Waals surface area contributed by atoms with E-state index in [4.69, 9.17) is 9.84 Å². The Morgan fingerprint density at radius 3 is 2.42 bits per heavy atom. The summed E-state index contributed by atoms with van der Waals surface area (Å²) in [4.78, 5) is 27.3. The van der Waals surface area contributed by atoms with Crippen molar-refractivity contribution in [1.29, 1.82) is 0 Å². The molecule has 1 aromatic carbocycles. The Hall–Kier alpha value is -3.55. The van der Waals surface area contributed by atoms with Gasteiger partial charge in [0.25, 0.3) is 5.91 Å². The fourth-order valence-corrected chi connectivity index (χ4v) is 4.72. The molecule has 3 aromatic rings. The Balaban J connectivity index is 1.36. The van der Waals surface area contributed by atoms with Gasteiger partial charge < -0.3 is 19.5 Å². The van der Waals surface area contributed by atoms with Gasteiger partial charge in [-0.3, -0.25) is 9.48 Å². The number of rotatable bonds is 6. The zero-order valence-corrected chi connectivity index (χ0v) is 22.0. The molecule has 2 aromatic heterocycles. The van der Waals surface area contributed by atoms with Crippen LogP contribution in [0.25, 0.3) is 0 Å². The molecule has 0 radical (unpaired) electrons. The zero-order chi connectivity index (χ0) is 25.9. The van der Waals surface area contributed by atoms with Gasteiger partial charge in [-0.2, -0.15) is 5.10 Å². The summed E-state index contributed by atoms with van der Waals surface area (Å²) in [6, 6.07) is 14.2. The lowest BCUT2D eigenvalue weighted by molar-refractivity contribution is 0.0187. The van der Waals surface area contributed by atoms with Crippen molar-refractivity contribution in [3.63, 3.8) is 0 Å². The number of amides is 2. The third-order valence-corrected chi connectivity index (χ3v) is 6.65. The van der Waals surface area contributed by atoms with E-state index < -0.39 is 5.60 Å². The number of benzene rings is 1. The first kappa shape index (κ1) is 25.5. The summed E-state index contributed by atoms with van der Waals surface area (Å²) < 4.78 is 9.54. The van der Waals surface area contributed by atoms with Crippen LogP contribution in [0, 0.1) is 13.8 Å². The lowest BCUT2D eigenvalue weighted by Gasteiger charge is -2.34. The molecule has 1 aliphatic heterocycles. The highest BCUT2D eigenvalue weighted by molar-refractivity contribution is 5.92. The monoisotopic (exact) mass is 491 g/mol. The van der Waals surface area contributed by atoms with Gasteiger partial charge in [0.1, 0.15) is 11.3 Å². The van der Waals surface area contributed by atoms with Crippen LogP contribution in [0.1, 0.15) is 72.7 Å². The first-order valence-electron chi connectivity index (χ1n) is 12.6. The predicted octanol–water partition coefficient (Wildman–Crippen LogP) is 4.85. The standard InChI is InChI=1S/C28H37N5O3/c1-20-24(21(2)33(30-20)19-22-10-7-6-8-11-22)18-29-26(34)25-12-9-15-32(25)23-13-16-31(17-14-23)27(35)36-28(3,4)5/h6-12,15,23H,13-14,16-19H2,1-5H3,(H,29,34). The van der Waals surface area contributed by atoms with E-state index in [9.17, 15) is 9.59 Å². The highest BCUT2D eigenvalue weighted by Gasteiger charge is 2.28. The molecule has 36 heavy (non-hydrogen) atoms. The number of likely N-dealkylation sites (tertiary alicyclic amines) is 1. The van der Waals surface area contributed by atoms with Gasteiger partial charge in [0.2, 0.25) is 0 Å². The van der Waals surface area contributed by atoms with E-state index in [1.165, 1.54) is 5.56 Å². The van der Waals surface area contributed by atoms with Crippen LogP contribution in [-0.4, -0.2) is 49.9 Å². The van der Waals surface area contributed by atoms with Crippen molar-refractivity contribution in [3.05, 3.63) is 76.9 Å². The molecular weight excluding hydrogens is 454 g/mol. The molecule has 0 spiro atoms. The average molecular weight is 492 g/mol. The highest BCUT2D eigenvalue weighted by Crippen LogP contribution is 2.26. The predicted molar refractivity (Wildman–Crippen MR) is 139 cm³/mol. The molecule has 4 rings (SSSR count). The summed E-state index contributed by atoms with van der Waals surface area (Å²) in [5.74, 6) is -0.107. The van der Waals surface area contributed by atoms with Gasteiger partial charge in [0, 0.05) is 43.1 Å². The minimum absolute atomic E-state index is 0.107. The first-order valence-corrected chi connectivity index (χ1v) is 12.6. The molecule has 8 nitrogen and oxygen atoms in total. The quantitative estimate of drug-likeness (QED) is 0.534. The van der Waals surface area contributed by atoms with E-state index in [0.717, 1.165) is 29.8 Å². The van der Waals surface area contributed by atoms with E-state index >= 15 is 0 Å². The summed E-state index contributed by atoms with van der Waals surface area (Å²) in [5, 5.41) is 7.79. The molecule has 0 atom stereocenters. The Labute approximate surface area is 213 Å². The average Bonchev–Trinajstić information content (AvgIpc) is 3.42. The maximum atomic E-state index is 13.1. The molecule has 1 fully saturated rings. The maximum absolute atomic E-state index is 13.1. The van der Waals surface area contributed by atoms with E-state index in [1.807, 2.05) is 80.4 Å². The topological polar surface area (TPSA) is 81.4 Å². The van der Waals surface area contributed by atoms with Crippen LogP contribution in [0.3, 0.4) is 0 Å². The van der Waals surface area contributed by atoms with Gasteiger partial charge in [-0.05, 0) is 65.2 Å². The largest absolute Gasteiger partial charge is 0.444 e. The van der Waals surface area contributed by atoms with E-state index in [2.05, 4.69) is 17.4 Å². The summed E-state index contributed by atoms with van der Waals surface area (Å²) >= 11 is 0. The maximum Gasteiger partial charge on any atom is 0.410 e. The van der Waals surface area contributed by atoms with Gasteiger partial charge in [-0.15, -0.1) is 0 Å². The Morgan fingerprint density at radius 2 is 1.75 bits per heavy atom. The lowest BCUT2D eigenvalue weighted by Crippen LogP contribution is -2.42. The smallest absolute Gasteiger partial charge is 0.410 e. The summed E-state index contributed by atoms with van der Waals surface area (Å²) in [6.07, 6.45) is 3.24. The number of aryl methyl sites for hydroxylation is 1. The molecule has 0 saturated carbocycles. The van der Waals surface area contributed by atoms with Gasteiger partial charge in [0.05, 0.1) is 12.2 Å². The Bertz CT molecular complexity index is 1200. The van der Waals surface area contributed by atoms with E-state index in [-0.39, 0.29) is 18.0 Å². The van der Waals surface area contributed by atoms with Crippen LogP contribution in [0.5, 0.6) is 0 Å². The molecule has 2 amide bonds. The molecule has 0 bridgehead atoms. The fraction of sp³-hybridized carbons (Fsp3) is 0.464. The van der Waals surface area contributed by atoms with E-state index in [0.29, 0.717) is 31.9 Å². The van der Waals surface area contributed by atoms with Crippen molar-refractivity contribution in [2.75, 3.05) is 13.1 Å². The number of ether oxygens (including phenoxy) is 1. The number of hydrogen-bond donors (Lipinski definition) is 1. The van der Waals surface area contributed by atoms with Crippen LogP contribution >= 0.6 is 0 Å². The fourth-order valence-electron chi connectivity index (χ4n) is 4.72. The van der Waals surface area contributed by atoms with Crippen LogP contribution < -0.4 is 5.32 Å². The van der Waals surface area contributed by atoms with Gasteiger partial charge >= 0.3 is 6.09 Å². The minimum atomic E-state index is -0.506. The second-order valence-electron chi connectivity index (χ2n) is 10.5. The third-order valence-electron chi connectivity index (χ3n) is 6.65. The second kappa shape index (κ2) is 10.6. The van der Waals surface area contributed by atoms with Crippen molar-refractivity contribution >= 4 is 12.0 Å². The van der Waals surface area contributed by atoms with Crippen molar-refractivity contribution in [1.82, 2.24) is 24.6 Å². The van der Waals surface area contributed by atoms with Crippen LogP contribution in [0.2, 0.25) is 0 Å². The Morgan fingerprint density at radius 1 is 1.06 bits per heavy atom. The van der Waals surface area contributed by atoms with Crippen molar-refractivity contribution in [2.24, 2.45) is 0 Å². The number of piperidine rings is 1. The molecule has 192 valence electrons. The number of hydrogen-bond acceptors (Lipinski definition) is 4. The molecule has 0 unspecified atom stereocenters.